The molecular formula is C22H21NO3. The Morgan fingerprint density at radius 3 is 2.42 bits per heavy atom. The molecule has 0 amide bonds. The number of nitrogens with zero attached hydrogens (tertiary/aromatic N) is 1. The van der Waals surface area contributed by atoms with Crippen LogP contribution >= 0.6 is 0 Å². The first-order chi connectivity index (χ1) is 12.5. The number of pyridine rings is 1. The number of carbonyl (C=O) groups is 1. The van der Waals surface area contributed by atoms with E-state index in [0.29, 0.717) is 17.2 Å². The van der Waals surface area contributed by atoms with E-state index in [1.54, 1.807) is 11.6 Å². The molecule has 1 atom stereocenters. The average molecular weight is 347 g/mol. The Bertz CT molecular complexity index is 1060. The van der Waals surface area contributed by atoms with Crippen LogP contribution in [0.2, 0.25) is 0 Å². The number of rotatable bonds is 2. The van der Waals surface area contributed by atoms with Gasteiger partial charge in [-0.1, -0.05) is 50.2 Å². The third kappa shape index (κ3) is 2.53. The van der Waals surface area contributed by atoms with Crippen LogP contribution in [-0.4, -0.2) is 10.5 Å². The number of aryl methyl sites for hydroxylation is 1. The van der Waals surface area contributed by atoms with E-state index in [9.17, 15) is 9.59 Å². The lowest BCUT2D eigenvalue weighted by Crippen LogP contribution is -2.31. The Kier molecular flexibility index (Phi) is 3.91. The lowest BCUT2D eigenvalue weighted by atomic mass is 9.85. The van der Waals surface area contributed by atoms with E-state index >= 15 is 0 Å². The summed E-state index contributed by atoms with van der Waals surface area (Å²) >= 11 is 0. The van der Waals surface area contributed by atoms with E-state index in [-0.39, 0.29) is 23.9 Å². The van der Waals surface area contributed by atoms with Crippen molar-refractivity contribution in [1.29, 1.82) is 0 Å². The van der Waals surface area contributed by atoms with Crippen LogP contribution in [0.25, 0.3) is 10.9 Å². The Labute approximate surface area is 152 Å². The normalized spacial score (nSPS) is 16.6. The van der Waals surface area contributed by atoms with Gasteiger partial charge in [0.2, 0.25) is 0 Å². The fourth-order valence-corrected chi connectivity index (χ4v) is 3.73. The fourth-order valence-electron chi connectivity index (χ4n) is 3.73. The van der Waals surface area contributed by atoms with Crippen molar-refractivity contribution >= 4 is 16.9 Å². The number of benzene rings is 2. The first kappa shape index (κ1) is 16.6. The average Bonchev–Trinajstić information content (AvgIpc) is 2.65. The molecule has 0 radical (unpaired) electrons. The molecule has 4 rings (SSSR count). The minimum Gasteiger partial charge on any atom is -0.425 e. The van der Waals surface area contributed by atoms with E-state index in [2.05, 4.69) is 26.0 Å². The second kappa shape index (κ2) is 6.13. The summed E-state index contributed by atoms with van der Waals surface area (Å²) in [5.74, 6) is 0.270. The molecule has 132 valence electrons. The molecule has 26 heavy (non-hydrogen) atoms. The molecule has 2 heterocycles. The van der Waals surface area contributed by atoms with Gasteiger partial charge in [0, 0.05) is 18.4 Å². The summed E-state index contributed by atoms with van der Waals surface area (Å²) in [5.41, 5.74) is 3.44. The molecule has 0 N–H and O–H groups in total. The maximum Gasteiger partial charge on any atom is 0.312 e. The molecule has 0 bridgehead atoms. The Hall–Kier alpha value is -2.88. The summed E-state index contributed by atoms with van der Waals surface area (Å²) in [6.45, 7) is 4.29. The first-order valence-electron chi connectivity index (χ1n) is 8.89. The highest BCUT2D eigenvalue weighted by Crippen LogP contribution is 2.40. The molecule has 1 unspecified atom stereocenters. The van der Waals surface area contributed by atoms with Crippen molar-refractivity contribution in [2.45, 2.75) is 32.1 Å². The van der Waals surface area contributed by atoms with Gasteiger partial charge in [0.15, 0.2) is 0 Å². The number of para-hydroxylation sites is 1. The van der Waals surface area contributed by atoms with Crippen molar-refractivity contribution in [1.82, 2.24) is 4.57 Å². The van der Waals surface area contributed by atoms with Crippen LogP contribution in [0, 0.1) is 0 Å². The van der Waals surface area contributed by atoms with Gasteiger partial charge >= 0.3 is 5.97 Å². The van der Waals surface area contributed by atoms with Crippen LogP contribution in [-0.2, 0) is 11.8 Å². The predicted octanol–water partition coefficient (Wildman–Crippen LogP) is 4.10. The molecule has 1 aromatic heterocycles. The van der Waals surface area contributed by atoms with Crippen molar-refractivity contribution in [3.63, 3.8) is 0 Å². The number of hydrogen-bond acceptors (Lipinski definition) is 3. The SMILES string of the molecule is CC(C)c1ccc(C2CC(=O)Oc3c2c(=O)n(C)c2ccccc32)cc1. The maximum absolute atomic E-state index is 13.1. The molecular weight excluding hydrogens is 326 g/mol. The highest BCUT2D eigenvalue weighted by atomic mass is 16.5. The third-order valence-corrected chi connectivity index (χ3v) is 5.23. The summed E-state index contributed by atoms with van der Waals surface area (Å²) in [6, 6.07) is 15.7. The molecule has 4 heteroatoms. The third-order valence-electron chi connectivity index (χ3n) is 5.23. The van der Waals surface area contributed by atoms with Crippen LogP contribution < -0.4 is 10.3 Å². The summed E-state index contributed by atoms with van der Waals surface area (Å²) in [4.78, 5) is 25.4. The molecule has 0 saturated carbocycles. The Morgan fingerprint density at radius 1 is 1.04 bits per heavy atom. The lowest BCUT2D eigenvalue weighted by molar-refractivity contribution is -0.135. The Morgan fingerprint density at radius 2 is 1.73 bits per heavy atom. The van der Waals surface area contributed by atoms with E-state index < -0.39 is 0 Å². The molecule has 1 aliphatic rings. The molecule has 1 aliphatic heterocycles. The minimum atomic E-state index is -0.297. The van der Waals surface area contributed by atoms with Crippen molar-refractivity contribution in [3.8, 4) is 5.75 Å². The number of hydrogen-bond donors (Lipinski definition) is 0. The van der Waals surface area contributed by atoms with Gasteiger partial charge in [0.25, 0.3) is 5.56 Å². The highest BCUT2D eigenvalue weighted by molar-refractivity contribution is 5.91. The molecule has 3 aromatic rings. The van der Waals surface area contributed by atoms with Gasteiger partial charge in [0.05, 0.1) is 17.5 Å². The van der Waals surface area contributed by atoms with Gasteiger partial charge < -0.3 is 9.30 Å². The summed E-state index contributed by atoms with van der Waals surface area (Å²) in [6.07, 6.45) is 0.182. The van der Waals surface area contributed by atoms with Gasteiger partial charge in [-0.05, 0) is 29.2 Å². The molecule has 0 saturated heterocycles. The van der Waals surface area contributed by atoms with Gasteiger partial charge in [-0.2, -0.15) is 0 Å². The highest BCUT2D eigenvalue weighted by Gasteiger charge is 2.33. The molecule has 2 aromatic carbocycles. The fraction of sp³-hybridized carbons (Fsp3) is 0.273. The predicted molar refractivity (Wildman–Crippen MR) is 102 cm³/mol. The topological polar surface area (TPSA) is 48.3 Å². The van der Waals surface area contributed by atoms with Crippen molar-refractivity contribution in [2.75, 3.05) is 0 Å². The maximum atomic E-state index is 13.1. The van der Waals surface area contributed by atoms with Gasteiger partial charge in [-0.3, -0.25) is 9.59 Å². The molecule has 0 aliphatic carbocycles. The van der Waals surface area contributed by atoms with Crippen molar-refractivity contribution in [2.24, 2.45) is 7.05 Å². The first-order valence-corrected chi connectivity index (χ1v) is 8.89. The van der Waals surface area contributed by atoms with Gasteiger partial charge in [-0.25, -0.2) is 0 Å². The van der Waals surface area contributed by atoms with E-state index in [4.69, 9.17) is 4.74 Å². The largest absolute Gasteiger partial charge is 0.425 e. The monoisotopic (exact) mass is 347 g/mol. The van der Waals surface area contributed by atoms with E-state index in [0.717, 1.165) is 16.5 Å². The number of esters is 1. The second-order valence-electron chi connectivity index (χ2n) is 7.18. The smallest absolute Gasteiger partial charge is 0.312 e. The molecule has 0 fully saturated rings. The van der Waals surface area contributed by atoms with Crippen LogP contribution in [0.15, 0.2) is 53.3 Å². The summed E-state index contributed by atoms with van der Waals surface area (Å²) in [5, 5.41) is 0.793. The molecule has 4 nitrogen and oxygen atoms in total. The quantitative estimate of drug-likeness (QED) is 0.656. The zero-order valence-corrected chi connectivity index (χ0v) is 15.2. The van der Waals surface area contributed by atoms with Crippen LogP contribution in [0.4, 0.5) is 0 Å². The number of ether oxygens (including phenoxy) is 1. The summed E-state index contributed by atoms with van der Waals surface area (Å²) in [7, 11) is 1.76. The Balaban J connectivity index is 1.96. The number of carbonyl (C=O) groups excluding carboxylic acids is 1. The van der Waals surface area contributed by atoms with E-state index in [1.165, 1.54) is 5.56 Å². The standard InChI is InChI=1S/C22H21NO3/c1-13(2)14-8-10-15(11-9-14)17-12-19(24)26-21-16-6-4-5-7-18(16)23(3)22(25)20(17)21/h4-11,13,17H,12H2,1-3H3. The van der Waals surface area contributed by atoms with Gasteiger partial charge in [-0.15, -0.1) is 0 Å². The zero-order valence-electron chi connectivity index (χ0n) is 15.2. The minimum absolute atomic E-state index is 0.107. The number of fused-ring (bicyclic) bond motifs is 3. The number of aromatic nitrogens is 1. The van der Waals surface area contributed by atoms with Crippen LogP contribution in [0.5, 0.6) is 5.75 Å². The van der Waals surface area contributed by atoms with E-state index in [1.807, 2.05) is 36.4 Å². The second-order valence-corrected chi connectivity index (χ2v) is 7.18. The zero-order chi connectivity index (χ0) is 18.4. The van der Waals surface area contributed by atoms with Crippen molar-refractivity contribution < 1.29 is 9.53 Å². The lowest BCUT2D eigenvalue weighted by Gasteiger charge is -2.26. The van der Waals surface area contributed by atoms with Crippen LogP contribution in [0.3, 0.4) is 0 Å². The van der Waals surface area contributed by atoms with Crippen molar-refractivity contribution in [3.05, 3.63) is 75.6 Å². The summed E-state index contributed by atoms with van der Waals surface area (Å²) < 4.78 is 7.18. The van der Waals surface area contributed by atoms with Crippen LogP contribution in [0.1, 0.15) is 48.8 Å². The molecule has 0 spiro atoms. The van der Waals surface area contributed by atoms with Gasteiger partial charge in [0.1, 0.15) is 5.75 Å².